The van der Waals surface area contributed by atoms with Gasteiger partial charge in [-0.3, -0.25) is 4.79 Å². The minimum atomic E-state index is -5.20. The second kappa shape index (κ2) is 9.84. The molecule has 0 amide bonds. The lowest BCUT2D eigenvalue weighted by Crippen LogP contribution is -2.72. The van der Waals surface area contributed by atoms with Crippen molar-refractivity contribution < 1.29 is 32.5 Å². The number of ketones is 1. The number of carbonyl (C=O) groups excluding carboxylic acids is 1. The van der Waals surface area contributed by atoms with Crippen molar-refractivity contribution in [1.29, 1.82) is 0 Å². The molecule has 184 valence electrons. The number of Topliss-reactive ketones (excluding diaryl/α,β-unsaturated/α-hetero) is 1. The summed E-state index contributed by atoms with van der Waals surface area (Å²) in [4.78, 5) is 13.3. The fraction of sp³-hybridized carbons (Fsp3) is 0.250. The van der Waals surface area contributed by atoms with Gasteiger partial charge in [-0.05, 0) is 46.9 Å². The van der Waals surface area contributed by atoms with Crippen LogP contribution in [0.25, 0.3) is 0 Å². The van der Waals surface area contributed by atoms with Gasteiger partial charge in [0.2, 0.25) is 5.72 Å². The van der Waals surface area contributed by atoms with Crippen LogP contribution in [0.1, 0.15) is 26.8 Å². The van der Waals surface area contributed by atoms with Crippen LogP contribution in [0, 0.1) is 5.92 Å². The maximum atomic E-state index is 14.1. The van der Waals surface area contributed by atoms with Gasteiger partial charge in [-0.2, -0.15) is 13.2 Å². The first-order valence-corrected chi connectivity index (χ1v) is 11.7. The number of carbonyl (C=O) groups is 1. The summed E-state index contributed by atoms with van der Waals surface area (Å²) in [6, 6.07) is 15.6. The van der Waals surface area contributed by atoms with Gasteiger partial charge >= 0.3 is 6.18 Å². The summed E-state index contributed by atoms with van der Waals surface area (Å²) in [5.74, 6) is -2.24. The average molecular weight is 523 g/mol. The number of hydrogen-bond acceptors (Lipinski definition) is 6. The topological polar surface area (TPSA) is 79.8 Å². The molecule has 0 aliphatic carbocycles. The number of ether oxygens (including phenoxy) is 2. The van der Waals surface area contributed by atoms with Crippen LogP contribution in [0.15, 0.2) is 66.0 Å². The number of rotatable bonds is 7. The van der Waals surface area contributed by atoms with E-state index >= 15 is 0 Å². The van der Waals surface area contributed by atoms with E-state index in [0.29, 0.717) is 5.75 Å². The molecule has 3 aromatic rings. The Hall–Kier alpha value is -3.15. The average Bonchev–Trinajstić information content (AvgIpc) is 3.37. The number of thiophene rings is 1. The van der Waals surface area contributed by atoms with Crippen LogP contribution in [0.5, 0.6) is 11.5 Å². The molecule has 4 rings (SSSR count). The maximum absolute atomic E-state index is 14.1. The Morgan fingerprint density at radius 3 is 2.51 bits per heavy atom. The van der Waals surface area contributed by atoms with Gasteiger partial charge in [0.15, 0.2) is 22.4 Å². The minimum absolute atomic E-state index is 0.0777. The van der Waals surface area contributed by atoms with Gasteiger partial charge in [0, 0.05) is 0 Å². The highest BCUT2D eigenvalue weighted by molar-refractivity contribution is 7.80. The van der Waals surface area contributed by atoms with E-state index in [1.165, 1.54) is 25.3 Å². The first kappa shape index (κ1) is 25.0. The van der Waals surface area contributed by atoms with Crippen LogP contribution < -0.4 is 20.1 Å². The molecule has 3 N–H and O–H groups in total. The summed E-state index contributed by atoms with van der Waals surface area (Å²) in [6.45, 7) is 0.250. The molecule has 0 unspecified atom stereocenters. The monoisotopic (exact) mass is 522 g/mol. The Balaban J connectivity index is 1.72. The fourth-order valence-corrected chi connectivity index (χ4v) is 4.91. The Kier molecular flexibility index (Phi) is 7.02. The number of hydrogen-bond donors (Lipinski definition) is 3. The van der Waals surface area contributed by atoms with E-state index in [0.717, 1.165) is 16.9 Å². The summed E-state index contributed by atoms with van der Waals surface area (Å²) in [7, 11) is 1.40. The van der Waals surface area contributed by atoms with Crippen molar-refractivity contribution in [2.75, 3.05) is 7.11 Å². The summed E-state index contributed by atoms with van der Waals surface area (Å²) in [6.07, 6.45) is -5.20. The Morgan fingerprint density at radius 1 is 1.14 bits per heavy atom. The highest BCUT2D eigenvalue weighted by atomic mass is 32.1. The number of alkyl halides is 3. The van der Waals surface area contributed by atoms with E-state index in [1.807, 2.05) is 35.6 Å². The molecule has 6 nitrogen and oxygen atoms in total. The fourth-order valence-electron chi connectivity index (χ4n) is 3.92. The Bertz CT molecular complexity index is 1210. The van der Waals surface area contributed by atoms with Crippen LogP contribution >= 0.6 is 23.6 Å². The van der Waals surface area contributed by atoms with Gasteiger partial charge < -0.3 is 25.2 Å². The zero-order valence-electron chi connectivity index (χ0n) is 18.3. The Morgan fingerprint density at radius 2 is 1.89 bits per heavy atom. The predicted octanol–water partition coefficient (Wildman–Crippen LogP) is 4.60. The number of methoxy groups -OCH3 is 1. The molecule has 11 heteroatoms. The molecule has 2 heterocycles. The van der Waals surface area contributed by atoms with Gasteiger partial charge in [-0.1, -0.05) is 42.5 Å². The lowest BCUT2D eigenvalue weighted by Gasteiger charge is -2.46. The molecule has 0 bridgehead atoms. The molecular weight excluding hydrogens is 501 g/mol. The molecule has 0 radical (unpaired) electrons. The van der Waals surface area contributed by atoms with E-state index in [9.17, 15) is 23.1 Å². The lowest BCUT2D eigenvalue weighted by atomic mass is 9.78. The van der Waals surface area contributed by atoms with Crippen molar-refractivity contribution in [1.82, 2.24) is 10.6 Å². The molecule has 0 spiro atoms. The largest absolute Gasteiger partial charge is 0.493 e. The van der Waals surface area contributed by atoms with Crippen molar-refractivity contribution in [2.45, 2.75) is 24.6 Å². The van der Waals surface area contributed by atoms with Gasteiger partial charge in [0.1, 0.15) is 12.5 Å². The number of benzene rings is 2. The zero-order valence-corrected chi connectivity index (χ0v) is 20.0. The van der Waals surface area contributed by atoms with Crippen LogP contribution in [0.3, 0.4) is 0 Å². The van der Waals surface area contributed by atoms with E-state index in [2.05, 4.69) is 5.32 Å². The van der Waals surface area contributed by atoms with Crippen LogP contribution in [-0.4, -0.2) is 35.0 Å². The third-order valence-corrected chi connectivity index (χ3v) is 6.74. The van der Waals surface area contributed by atoms with E-state index in [4.69, 9.17) is 21.7 Å². The van der Waals surface area contributed by atoms with Crippen LogP contribution in [0.2, 0.25) is 0 Å². The normalized spacial score (nSPS) is 22.1. The molecule has 35 heavy (non-hydrogen) atoms. The molecule has 2 aromatic carbocycles. The third kappa shape index (κ3) is 4.97. The van der Waals surface area contributed by atoms with Crippen molar-refractivity contribution in [3.05, 3.63) is 82.0 Å². The highest BCUT2D eigenvalue weighted by Crippen LogP contribution is 2.45. The number of halogens is 3. The molecule has 1 fully saturated rings. The molecular formula is C24H21F3N2O4S2. The first-order chi connectivity index (χ1) is 16.6. The first-order valence-electron chi connectivity index (χ1n) is 10.4. The molecule has 0 saturated carbocycles. The molecule has 1 aromatic heterocycles. The minimum Gasteiger partial charge on any atom is -0.493 e. The predicted molar refractivity (Wildman–Crippen MR) is 129 cm³/mol. The van der Waals surface area contributed by atoms with Crippen molar-refractivity contribution in [3.63, 3.8) is 0 Å². The quantitative estimate of drug-likeness (QED) is 0.309. The third-order valence-electron chi connectivity index (χ3n) is 5.64. The highest BCUT2D eigenvalue weighted by Gasteiger charge is 2.65. The van der Waals surface area contributed by atoms with Gasteiger partial charge in [-0.25, -0.2) is 0 Å². The summed E-state index contributed by atoms with van der Waals surface area (Å²) >= 11 is 5.96. The Labute approximate surface area is 208 Å². The van der Waals surface area contributed by atoms with Crippen molar-refractivity contribution in [2.24, 2.45) is 5.92 Å². The summed E-state index contributed by atoms with van der Waals surface area (Å²) < 4.78 is 53.6. The van der Waals surface area contributed by atoms with Gasteiger partial charge in [-0.15, -0.1) is 11.3 Å². The summed E-state index contributed by atoms with van der Waals surface area (Å²) in [5.41, 5.74) is -2.41. The van der Waals surface area contributed by atoms with Crippen LogP contribution in [-0.2, 0) is 6.61 Å². The van der Waals surface area contributed by atoms with Gasteiger partial charge in [0.05, 0.1) is 18.0 Å². The second-order valence-corrected chi connectivity index (χ2v) is 9.20. The van der Waals surface area contributed by atoms with Crippen molar-refractivity contribution >= 4 is 34.5 Å². The molecule has 3 atom stereocenters. The van der Waals surface area contributed by atoms with E-state index in [-0.39, 0.29) is 22.8 Å². The van der Waals surface area contributed by atoms with E-state index < -0.39 is 34.8 Å². The second-order valence-electron chi connectivity index (χ2n) is 7.84. The van der Waals surface area contributed by atoms with Gasteiger partial charge in [0.25, 0.3) is 0 Å². The number of nitrogens with one attached hydrogen (secondary N) is 2. The van der Waals surface area contributed by atoms with Crippen molar-refractivity contribution in [3.8, 4) is 11.5 Å². The zero-order chi connectivity index (χ0) is 25.2. The van der Waals surface area contributed by atoms with Crippen LogP contribution in [0.4, 0.5) is 13.2 Å². The molecule has 1 aliphatic heterocycles. The van der Waals surface area contributed by atoms with E-state index in [1.54, 1.807) is 17.5 Å². The maximum Gasteiger partial charge on any atom is 0.437 e. The number of thiocarbonyl (C=S) groups is 1. The number of aliphatic hydroxyl groups is 1. The summed E-state index contributed by atoms with van der Waals surface area (Å²) in [5, 5.41) is 16.5. The SMILES string of the molecule is COc1cc([C@@H]2NC(=S)N[C@](O)(C(F)(F)F)[C@@H]2C(=O)c2cccs2)ccc1OCc1ccccc1. The lowest BCUT2D eigenvalue weighted by molar-refractivity contribution is -0.285. The smallest absolute Gasteiger partial charge is 0.437 e. The standard InChI is InChI=1S/C24H21F3N2O4S2/c1-32-17-12-15(9-10-16(17)33-13-14-6-3-2-4-7-14)20-19(21(30)18-8-5-11-35-18)23(31,24(25,26)27)29-22(34)28-20/h2-12,19-20,31H,13H2,1H3,(H2,28,29,34)/t19-,20-,23+/m0/s1. The molecule has 1 saturated heterocycles. The molecule has 1 aliphatic rings.